The lowest BCUT2D eigenvalue weighted by Crippen LogP contribution is -2.12. The fourth-order valence-corrected chi connectivity index (χ4v) is 2.02. The standard InChI is InChI=1S/C15H8O6/c16-8-2-3-9-12(6-8)21-15(14(20)13(9)19)7-1-4-10(17)11(18)5-7/h1-6,16,20H. The average molecular weight is 284 g/mol. The molecule has 0 saturated carbocycles. The summed E-state index contributed by atoms with van der Waals surface area (Å²) in [5.41, 5.74) is -0.518. The maximum Gasteiger partial charge on any atom is 0.235 e. The summed E-state index contributed by atoms with van der Waals surface area (Å²) >= 11 is 0. The van der Waals surface area contributed by atoms with E-state index in [4.69, 9.17) is 4.42 Å². The highest BCUT2D eigenvalue weighted by Gasteiger charge is 2.21. The van der Waals surface area contributed by atoms with Gasteiger partial charge in [0.15, 0.2) is 5.76 Å². The van der Waals surface area contributed by atoms with E-state index < -0.39 is 22.7 Å². The first-order chi connectivity index (χ1) is 9.97. The third kappa shape index (κ3) is 2.02. The zero-order chi connectivity index (χ0) is 15.1. The van der Waals surface area contributed by atoms with Crippen LogP contribution in [0.3, 0.4) is 0 Å². The van der Waals surface area contributed by atoms with Crippen LogP contribution in [-0.4, -0.2) is 21.8 Å². The molecule has 3 rings (SSSR count). The van der Waals surface area contributed by atoms with E-state index in [-0.39, 0.29) is 28.1 Å². The predicted octanol–water partition coefficient (Wildman–Crippen LogP) is 1.30. The van der Waals surface area contributed by atoms with Gasteiger partial charge in [0.25, 0.3) is 0 Å². The fraction of sp³-hybridized carbons (Fsp3) is 0. The smallest absolute Gasteiger partial charge is 0.235 e. The number of hydrogen-bond donors (Lipinski definition) is 2. The number of phenols is 1. The molecule has 0 radical (unpaired) electrons. The molecular formula is C15H8O6. The summed E-state index contributed by atoms with van der Waals surface area (Å²) < 4.78 is 5.38. The fourth-order valence-electron chi connectivity index (χ4n) is 2.02. The highest BCUT2D eigenvalue weighted by atomic mass is 16.4. The van der Waals surface area contributed by atoms with Crippen LogP contribution >= 0.6 is 0 Å². The van der Waals surface area contributed by atoms with Gasteiger partial charge in [0.1, 0.15) is 11.3 Å². The summed E-state index contributed by atoms with van der Waals surface area (Å²) in [5, 5.41) is 19.4. The van der Waals surface area contributed by atoms with E-state index >= 15 is 0 Å². The number of carbonyl (C=O) groups is 2. The van der Waals surface area contributed by atoms with Crippen molar-refractivity contribution in [1.82, 2.24) is 0 Å². The highest BCUT2D eigenvalue weighted by molar-refractivity contribution is 6.48. The first-order valence-corrected chi connectivity index (χ1v) is 5.94. The number of ketones is 2. The minimum absolute atomic E-state index is 0.0615. The highest BCUT2D eigenvalue weighted by Crippen LogP contribution is 2.29. The summed E-state index contributed by atoms with van der Waals surface area (Å²) in [6.07, 6.45) is 3.29. The maximum atomic E-state index is 12.1. The van der Waals surface area contributed by atoms with Crippen LogP contribution in [0.2, 0.25) is 0 Å². The van der Waals surface area contributed by atoms with E-state index in [1.807, 2.05) is 0 Å². The molecule has 21 heavy (non-hydrogen) atoms. The molecule has 0 fully saturated rings. The lowest BCUT2D eigenvalue weighted by Gasteiger charge is -2.08. The molecule has 1 heterocycles. The van der Waals surface area contributed by atoms with E-state index in [2.05, 4.69) is 0 Å². The van der Waals surface area contributed by atoms with Crippen molar-refractivity contribution in [3.8, 4) is 11.5 Å². The summed E-state index contributed by atoms with van der Waals surface area (Å²) in [4.78, 5) is 34.5. The molecule has 0 unspecified atom stereocenters. The van der Waals surface area contributed by atoms with Crippen LogP contribution in [0.1, 0.15) is 5.76 Å². The van der Waals surface area contributed by atoms with Gasteiger partial charge in [0.2, 0.25) is 22.7 Å². The van der Waals surface area contributed by atoms with Crippen molar-refractivity contribution in [2.75, 3.05) is 0 Å². The molecule has 0 aliphatic heterocycles. The minimum Gasteiger partial charge on any atom is -0.508 e. The third-order valence-corrected chi connectivity index (χ3v) is 3.06. The van der Waals surface area contributed by atoms with Crippen molar-refractivity contribution in [3.05, 3.63) is 52.4 Å². The van der Waals surface area contributed by atoms with Gasteiger partial charge in [-0.25, -0.2) is 0 Å². The molecular weight excluding hydrogens is 276 g/mol. The third-order valence-electron chi connectivity index (χ3n) is 3.06. The zero-order valence-electron chi connectivity index (χ0n) is 10.5. The largest absolute Gasteiger partial charge is 0.508 e. The Morgan fingerprint density at radius 1 is 0.952 bits per heavy atom. The number of fused-ring (bicyclic) bond motifs is 1. The zero-order valence-corrected chi connectivity index (χ0v) is 10.5. The van der Waals surface area contributed by atoms with E-state index in [1.165, 1.54) is 24.3 Å². The molecule has 1 aromatic carbocycles. The van der Waals surface area contributed by atoms with Crippen LogP contribution in [0.25, 0.3) is 16.5 Å². The van der Waals surface area contributed by atoms with Gasteiger partial charge in [0.05, 0.1) is 5.39 Å². The Kier molecular flexibility index (Phi) is 2.72. The number of phenolic OH excluding ortho intramolecular Hbond substituents is 1. The van der Waals surface area contributed by atoms with Gasteiger partial charge in [-0.2, -0.15) is 0 Å². The molecule has 6 heteroatoms. The lowest BCUT2D eigenvalue weighted by atomic mass is 10.0. The normalized spacial score (nSPS) is 14.6. The molecule has 0 atom stereocenters. The van der Waals surface area contributed by atoms with Gasteiger partial charge in [-0.3, -0.25) is 14.4 Å². The lowest BCUT2D eigenvalue weighted by molar-refractivity contribution is -0.131. The van der Waals surface area contributed by atoms with Crippen molar-refractivity contribution in [1.29, 1.82) is 0 Å². The molecule has 1 aromatic heterocycles. The van der Waals surface area contributed by atoms with Crippen molar-refractivity contribution < 1.29 is 24.2 Å². The van der Waals surface area contributed by atoms with Gasteiger partial charge in [-0.1, -0.05) is 0 Å². The van der Waals surface area contributed by atoms with E-state index in [1.54, 1.807) is 0 Å². The molecule has 0 bridgehead atoms. The van der Waals surface area contributed by atoms with Gasteiger partial charge in [-0.15, -0.1) is 0 Å². The second-order valence-electron chi connectivity index (χ2n) is 4.45. The van der Waals surface area contributed by atoms with Gasteiger partial charge in [-0.05, 0) is 24.3 Å². The maximum absolute atomic E-state index is 12.1. The van der Waals surface area contributed by atoms with E-state index in [0.717, 1.165) is 12.2 Å². The van der Waals surface area contributed by atoms with Gasteiger partial charge >= 0.3 is 0 Å². The van der Waals surface area contributed by atoms with Crippen LogP contribution in [0, 0.1) is 0 Å². The summed E-state index contributed by atoms with van der Waals surface area (Å²) in [7, 11) is 0. The monoisotopic (exact) mass is 284 g/mol. The molecule has 0 amide bonds. The number of aromatic hydroxyl groups is 2. The predicted molar refractivity (Wildman–Crippen MR) is 72.9 cm³/mol. The summed E-state index contributed by atoms with van der Waals surface area (Å²) in [6, 6.07) is 3.83. The van der Waals surface area contributed by atoms with Crippen molar-refractivity contribution in [2.45, 2.75) is 0 Å². The minimum atomic E-state index is -0.773. The number of hydrogen-bond acceptors (Lipinski definition) is 6. The SMILES string of the molecule is O=C1C=CC(c2oc3cc(O)ccc3c(=O)c2O)=CC1=O. The molecule has 2 N–H and O–H groups in total. The molecule has 0 spiro atoms. The second kappa shape index (κ2) is 4.45. The topological polar surface area (TPSA) is 105 Å². The summed E-state index contributed by atoms with van der Waals surface area (Å²) in [5.74, 6) is -2.47. The Bertz CT molecular complexity index is 914. The Morgan fingerprint density at radius 3 is 2.43 bits per heavy atom. The molecule has 1 aliphatic rings. The first kappa shape index (κ1) is 12.9. The van der Waals surface area contributed by atoms with Crippen molar-refractivity contribution in [3.63, 3.8) is 0 Å². The molecule has 2 aromatic rings. The molecule has 104 valence electrons. The van der Waals surface area contributed by atoms with Crippen molar-refractivity contribution in [2.24, 2.45) is 0 Å². The van der Waals surface area contributed by atoms with Gasteiger partial charge in [0, 0.05) is 17.7 Å². The average Bonchev–Trinajstić information content (AvgIpc) is 2.45. The number of carbonyl (C=O) groups excluding carboxylic acids is 2. The first-order valence-electron chi connectivity index (χ1n) is 5.94. The van der Waals surface area contributed by atoms with Crippen LogP contribution in [0.5, 0.6) is 11.5 Å². The number of allylic oxidation sites excluding steroid dienone is 4. The molecule has 0 saturated heterocycles. The Labute approximate surface area is 117 Å². The number of benzene rings is 1. The molecule has 1 aliphatic carbocycles. The van der Waals surface area contributed by atoms with Crippen LogP contribution < -0.4 is 5.43 Å². The van der Waals surface area contributed by atoms with Gasteiger partial charge < -0.3 is 14.6 Å². The quantitative estimate of drug-likeness (QED) is 0.604. The Morgan fingerprint density at radius 2 is 1.71 bits per heavy atom. The van der Waals surface area contributed by atoms with Crippen LogP contribution in [-0.2, 0) is 9.59 Å². The van der Waals surface area contributed by atoms with Crippen LogP contribution in [0.4, 0.5) is 0 Å². The van der Waals surface area contributed by atoms with Crippen LogP contribution in [0.15, 0.2) is 45.6 Å². The Hall–Kier alpha value is -3.15. The Balaban J connectivity index is 2.29. The molecule has 6 nitrogen and oxygen atoms in total. The van der Waals surface area contributed by atoms with E-state index in [9.17, 15) is 24.6 Å². The second-order valence-corrected chi connectivity index (χ2v) is 4.45. The van der Waals surface area contributed by atoms with E-state index in [0.29, 0.717) is 0 Å². The number of rotatable bonds is 1. The van der Waals surface area contributed by atoms with Crippen molar-refractivity contribution >= 4 is 28.1 Å². The summed E-state index contributed by atoms with van der Waals surface area (Å²) in [6.45, 7) is 0.